The molecule has 1 rings (SSSR count). The third kappa shape index (κ3) is 3.84. The molecule has 0 aliphatic carbocycles. The summed E-state index contributed by atoms with van der Waals surface area (Å²) in [6.45, 7) is 6.07. The standard InChI is InChI=1S/C14H17NO2/c1-5-14(3,4)15-13(16)11-7-9-12(10-8-11)17-6-2/h1,7-10H,6H2,2-4H3,(H,15,16). The second-order valence-corrected chi connectivity index (χ2v) is 4.18. The zero-order chi connectivity index (χ0) is 12.9. The van der Waals surface area contributed by atoms with Crippen LogP contribution in [-0.4, -0.2) is 18.1 Å². The van der Waals surface area contributed by atoms with Crippen molar-refractivity contribution in [3.63, 3.8) is 0 Å². The Bertz CT molecular complexity index is 427. The summed E-state index contributed by atoms with van der Waals surface area (Å²) < 4.78 is 5.30. The van der Waals surface area contributed by atoms with Gasteiger partial charge in [0.1, 0.15) is 5.75 Å². The number of amides is 1. The van der Waals surface area contributed by atoms with Gasteiger partial charge < -0.3 is 10.1 Å². The van der Waals surface area contributed by atoms with Gasteiger partial charge in [-0.25, -0.2) is 0 Å². The van der Waals surface area contributed by atoms with Crippen molar-refractivity contribution >= 4 is 5.91 Å². The molecule has 1 N–H and O–H groups in total. The molecule has 0 saturated heterocycles. The molecule has 0 aliphatic heterocycles. The lowest BCUT2D eigenvalue weighted by Gasteiger charge is -2.19. The monoisotopic (exact) mass is 231 g/mol. The fourth-order valence-electron chi connectivity index (χ4n) is 1.26. The van der Waals surface area contributed by atoms with Crippen molar-refractivity contribution in [2.75, 3.05) is 6.61 Å². The lowest BCUT2D eigenvalue weighted by molar-refractivity contribution is 0.0930. The maximum absolute atomic E-state index is 11.8. The van der Waals surface area contributed by atoms with Crippen LogP contribution >= 0.6 is 0 Å². The zero-order valence-electron chi connectivity index (χ0n) is 10.4. The van der Waals surface area contributed by atoms with Gasteiger partial charge in [-0.1, -0.05) is 5.92 Å². The van der Waals surface area contributed by atoms with E-state index in [4.69, 9.17) is 11.2 Å². The highest BCUT2D eigenvalue weighted by Gasteiger charge is 2.17. The summed E-state index contributed by atoms with van der Waals surface area (Å²) in [5.41, 5.74) is -0.0767. The first-order valence-corrected chi connectivity index (χ1v) is 5.51. The van der Waals surface area contributed by atoms with Crippen LogP contribution in [0.1, 0.15) is 31.1 Å². The Hall–Kier alpha value is -1.95. The number of rotatable bonds is 4. The number of carbonyl (C=O) groups is 1. The second-order valence-electron chi connectivity index (χ2n) is 4.18. The van der Waals surface area contributed by atoms with Crippen LogP contribution in [0.4, 0.5) is 0 Å². The molecule has 90 valence electrons. The van der Waals surface area contributed by atoms with Crippen molar-refractivity contribution < 1.29 is 9.53 Å². The Morgan fingerprint density at radius 1 is 1.41 bits per heavy atom. The molecular formula is C14H17NO2. The van der Waals surface area contributed by atoms with E-state index in [0.29, 0.717) is 12.2 Å². The van der Waals surface area contributed by atoms with Crippen molar-refractivity contribution in [1.82, 2.24) is 5.32 Å². The molecule has 0 fully saturated rings. The molecule has 1 amide bonds. The molecule has 3 heteroatoms. The van der Waals surface area contributed by atoms with E-state index in [0.717, 1.165) is 5.75 Å². The quantitative estimate of drug-likeness (QED) is 0.807. The largest absolute Gasteiger partial charge is 0.494 e. The lowest BCUT2D eigenvalue weighted by atomic mass is 10.1. The highest BCUT2D eigenvalue weighted by atomic mass is 16.5. The van der Waals surface area contributed by atoms with E-state index in [2.05, 4.69) is 11.2 Å². The van der Waals surface area contributed by atoms with Crippen molar-refractivity contribution in [3.8, 4) is 18.1 Å². The van der Waals surface area contributed by atoms with Gasteiger partial charge in [0.2, 0.25) is 0 Å². The van der Waals surface area contributed by atoms with Crippen LogP contribution in [0.3, 0.4) is 0 Å². The molecule has 0 radical (unpaired) electrons. The number of terminal acetylenes is 1. The molecule has 0 atom stereocenters. The highest BCUT2D eigenvalue weighted by molar-refractivity contribution is 5.95. The summed E-state index contributed by atoms with van der Waals surface area (Å²) in [6.07, 6.45) is 5.31. The van der Waals surface area contributed by atoms with Crippen LogP contribution in [-0.2, 0) is 0 Å². The predicted octanol–water partition coefficient (Wildman–Crippen LogP) is 2.23. The third-order valence-corrected chi connectivity index (χ3v) is 2.21. The molecule has 0 aromatic heterocycles. The van der Waals surface area contributed by atoms with Crippen LogP contribution in [0.15, 0.2) is 24.3 Å². The normalized spacial score (nSPS) is 10.5. The van der Waals surface area contributed by atoms with Crippen molar-refractivity contribution in [3.05, 3.63) is 29.8 Å². The molecule has 3 nitrogen and oxygen atoms in total. The summed E-state index contributed by atoms with van der Waals surface area (Å²) in [6, 6.07) is 6.96. The molecule has 0 aliphatic rings. The predicted molar refractivity (Wildman–Crippen MR) is 68.0 cm³/mol. The Labute approximate surface area is 102 Å². The van der Waals surface area contributed by atoms with Gasteiger partial charge in [-0.3, -0.25) is 4.79 Å². The van der Waals surface area contributed by atoms with Gasteiger partial charge in [0.15, 0.2) is 0 Å². The topological polar surface area (TPSA) is 38.3 Å². The van der Waals surface area contributed by atoms with E-state index < -0.39 is 5.54 Å². The van der Waals surface area contributed by atoms with Crippen LogP contribution in [0, 0.1) is 12.3 Å². The summed E-state index contributed by atoms with van der Waals surface area (Å²) in [5, 5.41) is 2.76. The molecule has 0 unspecified atom stereocenters. The number of hydrogen-bond donors (Lipinski definition) is 1. The fourth-order valence-corrected chi connectivity index (χ4v) is 1.26. The minimum absolute atomic E-state index is 0.184. The smallest absolute Gasteiger partial charge is 0.252 e. The lowest BCUT2D eigenvalue weighted by Crippen LogP contribution is -2.42. The minimum Gasteiger partial charge on any atom is -0.494 e. The Balaban J connectivity index is 2.74. The van der Waals surface area contributed by atoms with E-state index in [1.165, 1.54) is 0 Å². The van der Waals surface area contributed by atoms with E-state index >= 15 is 0 Å². The average Bonchev–Trinajstić information content (AvgIpc) is 2.30. The maximum atomic E-state index is 11.8. The molecule has 17 heavy (non-hydrogen) atoms. The van der Waals surface area contributed by atoms with E-state index in [1.807, 2.05) is 6.92 Å². The van der Waals surface area contributed by atoms with Gasteiger partial charge in [0.05, 0.1) is 12.1 Å². The first-order chi connectivity index (χ1) is 7.98. The SMILES string of the molecule is C#CC(C)(C)NC(=O)c1ccc(OCC)cc1. The Kier molecular flexibility index (Phi) is 4.17. The van der Waals surface area contributed by atoms with Gasteiger partial charge in [-0.05, 0) is 45.0 Å². The summed E-state index contributed by atoms with van der Waals surface area (Å²) in [4.78, 5) is 11.8. The molecule has 0 heterocycles. The Morgan fingerprint density at radius 2 is 2.00 bits per heavy atom. The van der Waals surface area contributed by atoms with Crippen LogP contribution in [0.2, 0.25) is 0 Å². The molecule has 1 aromatic rings. The van der Waals surface area contributed by atoms with Gasteiger partial charge in [0.25, 0.3) is 5.91 Å². The van der Waals surface area contributed by atoms with Gasteiger partial charge in [-0.15, -0.1) is 6.42 Å². The zero-order valence-corrected chi connectivity index (χ0v) is 10.4. The van der Waals surface area contributed by atoms with Gasteiger partial charge >= 0.3 is 0 Å². The number of benzene rings is 1. The number of carbonyl (C=O) groups excluding carboxylic acids is 1. The number of hydrogen-bond acceptors (Lipinski definition) is 2. The third-order valence-electron chi connectivity index (χ3n) is 2.21. The Morgan fingerprint density at radius 3 is 2.47 bits per heavy atom. The molecule has 0 spiro atoms. The summed E-state index contributed by atoms with van der Waals surface area (Å²) in [5.74, 6) is 3.08. The average molecular weight is 231 g/mol. The molecule has 0 bridgehead atoms. The number of ether oxygens (including phenoxy) is 1. The first kappa shape index (κ1) is 13.1. The van der Waals surface area contributed by atoms with Crippen molar-refractivity contribution in [2.45, 2.75) is 26.3 Å². The highest BCUT2D eigenvalue weighted by Crippen LogP contribution is 2.12. The van der Waals surface area contributed by atoms with Crippen molar-refractivity contribution in [2.24, 2.45) is 0 Å². The first-order valence-electron chi connectivity index (χ1n) is 5.51. The summed E-state index contributed by atoms with van der Waals surface area (Å²) in [7, 11) is 0. The van der Waals surface area contributed by atoms with Gasteiger partial charge in [0, 0.05) is 5.56 Å². The van der Waals surface area contributed by atoms with Crippen molar-refractivity contribution in [1.29, 1.82) is 0 Å². The van der Waals surface area contributed by atoms with Gasteiger partial charge in [-0.2, -0.15) is 0 Å². The van der Waals surface area contributed by atoms with E-state index in [-0.39, 0.29) is 5.91 Å². The molecule has 0 saturated carbocycles. The van der Waals surface area contributed by atoms with Crippen LogP contribution in [0.25, 0.3) is 0 Å². The van der Waals surface area contributed by atoms with E-state index in [1.54, 1.807) is 38.1 Å². The minimum atomic E-state index is -0.643. The van der Waals surface area contributed by atoms with E-state index in [9.17, 15) is 4.79 Å². The molecular weight excluding hydrogens is 214 g/mol. The van der Waals surface area contributed by atoms with Crippen LogP contribution in [0.5, 0.6) is 5.75 Å². The number of nitrogens with one attached hydrogen (secondary N) is 1. The van der Waals surface area contributed by atoms with Crippen LogP contribution < -0.4 is 10.1 Å². The maximum Gasteiger partial charge on any atom is 0.252 e. The summed E-state index contributed by atoms with van der Waals surface area (Å²) >= 11 is 0. The fraction of sp³-hybridized carbons (Fsp3) is 0.357. The molecule has 1 aromatic carbocycles. The second kappa shape index (κ2) is 5.40.